The molecular formula is C25H25Cl2NO3. The van der Waals surface area contributed by atoms with Crippen molar-refractivity contribution in [2.45, 2.75) is 26.2 Å². The Balaban J connectivity index is 2.11. The molecule has 4 nitrogen and oxygen atoms in total. The predicted molar refractivity (Wildman–Crippen MR) is 126 cm³/mol. The Labute approximate surface area is 192 Å². The molecule has 3 rings (SSSR count). The number of pyridine rings is 1. The first kappa shape index (κ1) is 23.1. The number of esters is 1. The van der Waals surface area contributed by atoms with Crippen LogP contribution in [0.15, 0.2) is 71.2 Å². The van der Waals surface area contributed by atoms with Crippen molar-refractivity contribution in [2.24, 2.45) is 11.8 Å². The van der Waals surface area contributed by atoms with Crippen LogP contribution in [0.2, 0.25) is 0 Å². The highest BCUT2D eigenvalue weighted by molar-refractivity contribution is 6.55. The van der Waals surface area contributed by atoms with Gasteiger partial charge in [-0.2, -0.15) is 0 Å². The van der Waals surface area contributed by atoms with Gasteiger partial charge in [0.25, 0.3) is 0 Å². The zero-order chi connectivity index (χ0) is 22.6. The molecule has 0 N–H and O–H groups in total. The predicted octanol–water partition coefficient (Wildman–Crippen LogP) is 7.05. The van der Waals surface area contributed by atoms with Crippen LogP contribution >= 0.6 is 23.2 Å². The van der Waals surface area contributed by atoms with Crippen LogP contribution in [0.4, 0.5) is 0 Å². The van der Waals surface area contributed by atoms with Gasteiger partial charge >= 0.3 is 5.97 Å². The van der Waals surface area contributed by atoms with Crippen molar-refractivity contribution in [3.05, 3.63) is 76.9 Å². The van der Waals surface area contributed by atoms with E-state index in [1.165, 1.54) is 7.11 Å². The fourth-order valence-electron chi connectivity index (χ4n) is 4.17. The van der Waals surface area contributed by atoms with Crippen molar-refractivity contribution in [1.29, 1.82) is 0 Å². The number of allylic oxidation sites excluding steroid dienone is 1. The number of benzene rings is 2. The number of hydrogen-bond acceptors (Lipinski definition) is 4. The Bertz CT molecular complexity index is 1100. The Morgan fingerprint density at radius 3 is 2.35 bits per heavy atom. The lowest BCUT2D eigenvalue weighted by Crippen LogP contribution is -2.47. The van der Waals surface area contributed by atoms with Crippen LogP contribution in [0.25, 0.3) is 10.8 Å². The number of ether oxygens (including phenoxy) is 2. The number of aromatic nitrogens is 1. The minimum Gasteiger partial charge on any atom is -0.468 e. The van der Waals surface area contributed by atoms with Gasteiger partial charge in [0.1, 0.15) is 15.7 Å². The van der Waals surface area contributed by atoms with E-state index in [1.807, 2.05) is 69.3 Å². The van der Waals surface area contributed by atoms with E-state index in [0.29, 0.717) is 17.3 Å². The van der Waals surface area contributed by atoms with Gasteiger partial charge in [0, 0.05) is 11.5 Å². The van der Waals surface area contributed by atoms with Gasteiger partial charge in [-0.05, 0) is 35.4 Å². The molecule has 0 saturated heterocycles. The number of rotatable bonds is 7. The molecule has 1 aromatic heterocycles. The molecule has 0 amide bonds. The number of carbonyl (C=O) groups is 1. The van der Waals surface area contributed by atoms with Gasteiger partial charge in [0.15, 0.2) is 0 Å². The summed E-state index contributed by atoms with van der Waals surface area (Å²) in [6.45, 7) is 5.77. The van der Waals surface area contributed by atoms with E-state index in [2.05, 4.69) is 0 Å². The van der Waals surface area contributed by atoms with Gasteiger partial charge in [0.2, 0.25) is 5.88 Å². The summed E-state index contributed by atoms with van der Waals surface area (Å²) in [5.41, 5.74) is -0.563. The maximum absolute atomic E-state index is 13.1. The van der Waals surface area contributed by atoms with Crippen molar-refractivity contribution in [3.8, 4) is 11.6 Å². The van der Waals surface area contributed by atoms with Crippen LogP contribution in [0.5, 0.6) is 11.6 Å². The van der Waals surface area contributed by atoms with Crippen molar-refractivity contribution < 1.29 is 14.3 Å². The maximum atomic E-state index is 13.1. The molecule has 0 radical (unpaired) electrons. The summed E-state index contributed by atoms with van der Waals surface area (Å²) in [5.74, 6) is 0.142. The number of hydrogen-bond donors (Lipinski definition) is 0. The van der Waals surface area contributed by atoms with Gasteiger partial charge < -0.3 is 9.47 Å². The average molecular weight is 458 g/mol. The SMILES string of the molecule is COC(=O)C(c1cccc(Oc2cccc3ccccc23)n1)(C(C)C)C(C)C=C(Cl)Cl. The summed E-state index contributed by atoms with van der Waals surface area (Å²) in [6, 6.07) is 19.2. The number of fused-ring (bicyclic) bond motifs is 1. The number of halogens is 2. The lowest BCUT2D eigenvalue weighted by atomic mass is 9.65. The number of methoxy groups -OCH3 is 1. The van der Waals surface area contributed by atoms with Gasteiger partial charge in [0.05, 0.1) is 12.8 Å². The van der Waals surface area contributed by atoms with Crippen LogP contribution < -0.4 is 4.74 Å². The third-order valence-corrected chi connectivity index (χ3v) is 5.89. The second-order valence-corrected chi connectivity index (χ2v) is 8.71. The number of carbonyl (C=O) groups excluding carboxylic acids is 1. The monoisotopic (exact) mass is 457 g/mol. The van der Waals surface area contributed by atoms with Crippen LogP contribution in [0.1, 0.15) is 26.5 Å². The molecule has 0 aliphatic heterocycles. The second-order valence-electron chi connectivity index (χ2n) is 7.70. The zero-order valence-corrected chi connectivity index (χ0v) is 19.4. The summed E-state index contributed by atoms with van der Waals surface area (Å²) in [6.07, 6.45) is 1.64. The quantitative estimate of drug-likeness (QED) is 0.356. The maximum Gasteiger partial charge on any atom is 0.318 e. The van der Waals surface area contributed by atoms with E-state index in [9.17, 15) is 4.79 Å². The third-order valence-electron chi connectivity index (χ3n) is 5.64. The lowest BCUT2D eigenvalue weighted by molar-refractivity contribution is -0.151. The van der Waals surface area contributed by atoms with Gasteiger partial charge in [-0.15, -0.1) is 0 Å². The first-order chi connectivity index (χ1) is 14.8. The molecule has 162 valence electrons. The van der Waals surface area contributed by atoms with Crippen molar-refractivity contribution >= 4 is 39.9 Å². The van der Waals surface area contributed by atoms with Crippen LogP contribution in [0, 0.1) is 11.8 Å². The molecule has 0 bridgehead atoms. The topological polar surface area (TPSA) is 48.4 Å². The molecule has 3 aromatic rings. The van der Waals surface area contributed by atoms with Crippen molar-refractivity contribution in [2.75, 3.05) is 7.11 Å². The molecule has 0 aliphatic rings. The summed E-state index contributed by atoms with van der Waals surface area (Å²) >= 11 is 11.9. The van der Waals surface area contributed by atoms with Gasteiger partial charge in [-0.25, -0.2) is 4.98 Å². The highest BCUT2D eigenvalue weighted by Gasteiger charge is 2.49. The molecule has 0 aliphatic carbocycles. The molecule has 6 heteroatoms. The van der Waals surface area contributed by atoms with Crippen LogP contribution in [-0.2, 0) is 14.9 Å². The highest BCUT2D eigenvalue weighted by Crippen LogP contribution is 2.42. The minimum absolute atomic E-state index is 0.0876. The molecule has 2 aromatic carbocycles. The smallest absolute Gasteiger partial charge is 0.318 e. The van der Waals surface area contributed by atoms with E-state index in [1.54, 1.807) is 18.2 Å². The van der Waals surface area contributed by atoms with Gasteiger partial charge in [-0.3, -0.25) is 4.79 Å². The molecule has 1 heterocycles. The van der Waals surface area contributed by atoms with E-state index >= 15 is 0 Å². The fraction of sp³-hybridized carbons (Fsp3) is 0.280. The normalized spacial score (nSPS) is 14.0. The zero-order valence-electron chi connectivity index (χ0n) is 17.9. The first-order valence-electron chi connectivity index (χ1n) is 10.0. The second kappa shape index (κ2) is 9.71. The first-order valence-corrected chi connectivity index (χ1v) is 10.8. The van der Waals surface area contributed by atoms with Crippen molar-refractivity contribution in [3.63, 3.8) is 0 Å². The van der Waals surface area contributed by atoms with E-state index in [4.69, 9.17) is 37.7 Å². The molecular weight excluding hydrogens is 433 g/mol. The van der Waals surface area contributed by atoms with Crippen molar-refractivity contribution in [1.82, 2.24) is 4.98 Å². The fourth-order valence-corrected chi connectivity index (χ4v) is 4.55. The number of nitrogens with zero attached hydrogens (tertiary/aromatic N) is 1. The summed E-state index contributed by atoms with van der Waals surface area (Å²) < 4.78 is 11.5. The molecule has 2 unspecified atom stereocenters. The lowest BCUT2D eigenvalue weighted by Gasteiger charge is -2.38. The molecule has 0 fully saturated rings. The Hall–Kier alpha value is -2.56. The molecule has 2 atom stereocenters. The minimum atomic E-state index is -1.10. The van der Waals surface area contributed by atoms with E-state index in [-0.39, 0.29) is 16.3 Å². The standard InChI is InChI=1S/C25H25Cl2NO3/c1-16(2)25(24(29)30-4,17(3)15-22(26)27)21-13-8-14-23(28-21)31-20-12-7-10-18-9-5-6-11-19(18)20/h5-17H,1-4H3. The Morgan fingerprint density at radius 2 is 1.68 bits per heavy atom. The third kappa shape index (κ3) is 4.56. The highest BCUT2D eigenvalue weighted by atomic mass is 35.5. The summed E-state index contributed by atoms with van der Waals surface area (Å²) in [5, 5.41) is 2.04. The largest absolute Gasteiger partial charge is 0.468 e. The molecule has 0 spiro atoms. The van der Waals surface area contributed by atoms with E-state index < -0.39 is 11.4 Å². The molecule has 31 heavy (non-hydrogen) atoms. The summed E-state index contributed by atoms with van der Waals surface area (Å²) in [7, 11) is 1.37. The Kier molecular flexibility index (Phi) is 7.24. The van der Waals surface area contributed by atoms with Crippen LogP contribution in [-0.4, -0.2) is 18.1 Å². The van der Waals surface area contributed by atoms with E-state index in [0.717, 1.165) is 10.8 Å². The average Bonchev–Trinajstić information content (AvgIpc) is 2.74. The van der Waals surface area contributed by atoms with Crippen LogP contribution in [0.3, 0.4) is 0 Å². The summed E-state index contributed by atoms with van der Waals surface area (Å²) in [4.78, 5) is 17.9. The Morgan fingerprint density at radius 1 is 1.00 bits per heavy atom. The van der Waals surface area contributed by atoms with Gasteiger partial charge in [-0.1, -0.05) is 86.4 Å². The molecule has 0 saturated carbocycles.